The molecule has 2 aromatic rings. The molecule has 0 unspecified atom stereocenters. The number of halogens is 1. The lowest BCUT2D eigenvalue weighted by Crippen LogP contribution is -2.43. The predicted octanol–water partition coefficient (Wildman–Crippen LogP) is 3.79. The van der Waals surface area contributed by atoms with E-state index in [1.807, 2.05) is 36.2 Å². The van der Waals surface area contributed by atoms with Gasteiger partial charge in [-0.15, -0.1) is 0 Å². The summed E-state index contributed by atoms with van der Waals surface area (Å²) in [4.78, 5) is 12.9. The minimum absolute atomic E-state index is 0.0848. The lowest BCUT2D eigenvalue weighted by atomic mass is 10.1. The summed E-state index contributed by atoms with van der Waals surface area (Å²) < 4.78 is 0. The summed E-state index contributed by atoms with van der Waals surface area (Å²) in [6.07, 6.45) is 0. The monoisotopic (exact) mass is 372 g/mol. The lowest BCUT2D eigenvalue weighted by molar-refractivity contribution is -0.384. The van der Waals surface area contributed by atoms with Crippen LogP contribution in [0.15, 0.2) is 53.6 Å². The van der Waals surface area contributed by atoms with E-state index in [2.05, 4.69) is 16.1 Å². The third-order valence-electron chi connectivity index (χ3n) is 4.47. The molecule has 136 valence electrons. The van der Waals surface area contributed by atoms with Crippen LogP contribution >= 0.6 is 11.6 Å². The quantitative estimate of drug-likeness (QED) is 0.455. The van der Waals surface area contributed by atoms with Crippen molar-refractivity contribution in [2.45, 2.75) is 13.5 Å². The maximum atomic E-state index is 10.9. The zero-order valence-corrected chi connectivity index (χ0v) is 15.4. The maximum absolute atomic E-state index is 10.9. The van der Waals surface area contributed by atoms with E-state index >= 15 is 0 Å². The van der Waals surface area contributed by atoms with E-state index in [-0.39, 0.29) is 10.6 Å². The molecule has 0 aliphatic carbocycles. The molecule has 0 amide bonds. The minimum Gasteiger partial charge on any atom is -0.295 e. The first kappa shape index (κ1) is 18.4. The van der Waals surface area contributed by atoms with Crippen molar-refractivity contribution in [3.63, 3.8) is 0 Å². The minimum atomic E-state index is -0.385. The number of non-ortho nitro benzene ring substituents is 1. The van der Waals surface area contributed by atoms with Crippen LogP contribution in [0.4, 0.5) is 5.69 Å². The van der Waals surface area contributed by atoms with Gasteiger partial charge in [0.15, 0.2) is 0 Å². The fourth-order valence-electron chi connectivity index (χ4n) is 2.98. The van der Waals surface area contributed by atoms with Crippen molar-refractivity contribution in [1.82, 2.24) is 9.91 Å². The van der Waals surface area contributed by atoms with Gasteiger partial charge in [-0.05, 0) is 18.6 Å². The topological polar surface area (TPSA) is 62.0 Å². The van der Waals surface area contributed by atoms with Crippen LogP contribution in [0, 0.1) is 10.1 Å². The van der Waals surface area contributed by atoms with Crippen LogP contribution < -0.4 is 0 Å². The van der Waals surface area contributed by atoms with Gasteiger partial charge in [0.1, 0.15) is 0 Å². The Morgan fingerprint density at radius 1 is 1.15 bits per heavy atom. The Labute approximate surface area is 157 Å². The molecule has 0 atom stereocenters. The third-order valence-corrected chi connectivity index (χ3v) is 4.84. The van der Waals surface area contributed by atoms with E-state index in [4.69, 9.17) is 11.6 Å². The first-order chi connectivity index (χ1) is 12.5. The van der Waals surface area contributed by atoms with E-state index in [0.29, 0.717) is 0 Å². The number of rotatable bonds is 5. The Hall–Kier alpha value is -2.44. The van der Waals surface area contributed by atoms with Gasteiger partial charge < -0.3 is 0 Å². The summed E-state index contributed by atoms with van der Waals surface area (Å²) >= 11 is 6.24. The van der Waals surface area contributed by atoms with Crippen molar-refractivity contribution in [3.8, 4) is 0 Å². The number of nitro benzene ring substituents is 1. The van der Waals surface area contributed by atoms with Crippen LogP contribution in [-0.2, 0) is 6.54 Å². The lowest BCUT2D eigenvalue weighted by Gasteiger charge is -2.33. The largest absolute Gasteiger partial charge is 0.295 e. The Balaban J connectivity index is 1.59. The van der Waals surface area contributed by atoms with Crippen molar-refractivity contribution in [1.29, 1.82) is 0 Å². The number of hydrazone groups is 1. The van der Waals surface area contributed by atoms with Gasteiger partial charge in [0.25, 0.3) is 5.69 Å². The molecule has 0 aromatic heterocycles. The van der Waals surface area contributed by atoms with Gasteiger partial charge in [-0.2, -0.15) is 5.10 Å². The van der Waals surface area contributed by atoms with Crippen LogP contribution in [0.2, 0.25) is 5.02 Å². The molecule has 0 saturated carbocycles. The highest BCUT2D eigenvalue weighted by molar-refractivity contribution is 6.31. The van der Waals surface area contributed by atoms with Crippen molar-refractivity contribution in [3.05, 3.63) is 74.8 Å². The van der Waals surface area contributed by atoms with Crippen molar-refractivity contribution in [2.75, 3.05) is 26.2 Å². The number of nitro groups is 1. The summed E-state index contributed by atoms with van der Waals surface area (Å²) in [6, 6.07) is 14.5. The molecule has 2 aromatic carbocycles. The smallest absolute Gasteiger partial charge is 0.270 e. The zero-order chi connectivity index (χ0) is 18.5. The Morgan fingerprint density at radius 3 is 2.58 bits per heavy atom. The summed E-state index contributed by atoms with van der Waals surface area (Å²) in [5.41, 5.74) is 2.78. The fraction of sp³-hybridized carbons (Fsp3) is 0.316. The van der Waals surface area contributed by atoms with Gasteiger partial charge in [-0.25, -0.2) is 0 Å². The molecule has 0 N–H and O–H groups in total. The molecule has 0 radical (unpaired) electrons. The number of nitrogens with zero attached hydrogens (tertiary/aromatic N) is 4. The Kier molecular flexibility index (Phi) is 5.85. The van der Waals surface area contributed by atoms with Crippen molar-refractivity contribution < 1.29 is 4.92 Å². The predicted molar refractivity (Wildman–Crippen MR) is 104 cm³/mol. The normalized spacial score (nSPS) is 15.9. The molecule has 6 nitrogen and oxygen atoms in total. The summed E-state index contributed by atoms with van der Waals surface area (Å²) in [5, 5.41) is 18.4. The molecule has 0 spiro atoms. The summed E-state index contributed by atoms with van der Waals surface area (Å²) in [5.74, 6) is 0. The highest BCUT2D eigenvalue weighted by Gasteiger charge is 2.17. The van der Waals surface area contributed by atoms with Gasteiger partial charge in [-0.1, -0.05) is 41.9 Å². The van der Waals surface area contributed by atoms with Gasteiger partial charge >= 0.3 is 0 Å². The summed E-state index contributed by atoms with van der Waals surface area (Å²) in [7, 11) is 0. The molecule has 1 saturated heterocycles. The van der Waals surface area contributed by atoms with E-state index in [9.17, 15) is 10.1 Å². The number of benzene rings is 2. The number of hydrogen-bond donors (Lipinski definition) is 0. The zero-order valence-electron chi connectivity index (χ0n) is 14.6. The van der Waals surface area contributed by atoms with E-state index < -0.39 is 0 Å². The molecule has 1 aliphatic rings. The average Bonchev–Trinajstić information content (AvgIpc) is 2.65. The second kappa shape index (κ2) is 8.29. The third kappa shape index (κ3) is 4.59. The van der Waals surface area contributed by atoms with Crippen LogP contribution in [0.1, 0.15) is 18.1 Å². The maximum Gasteiger partial charge on any atom is 0.270 e. The number of hydrogen-bond acceptors (Lipinski definition) is 5. The SMILES string of the molecule is CC(=NN1CCN(Cc2ccccc2Cl)CC1)c1cccc([N+](=O)[O-])c1. The molecule has 0 bridgehead atoms. The Bertz CT molecular complexity index is 817. The van der Waals surface area contributed by atoms with Crippen LogP contribution in [0.25, 0.3) is 0 Å². The van der Waals surface area contributed by atoms with Crippen LogP contribution in [-0.4, -0.2) is 46.7 Å². The molecule has 3 rings (SSSR count). The highest BCUT2D eigenvalue weighted by atomic mass is 35.5. The first-order valence-electron chi connectivity index (χ1n) is 8.53. The first-order valence-corrected chi connectivity index (χ1v) is 8.91. The van der Waals surface area contributed by atoms with Crippen LogP contribution in [0.3, 0.4) is 0 Å². The second-order valence-electron chi connectivity index (χ2n) is 6.31. The number of piperazine rings is 1. The van der Waals surface area contributed by atoms with E-state index in [1.54, 1.807) is 12.1 Å². The van der Waals surface area contributed by atoms with Gasteiger partial charge in [0.2, 0.25) is 0 Å². The molecule has 1 fully saturated rings. The molecular weight excluding hydrogens is 352 g/mol. The van der Waals surface area contributed by atoms with E-state index in [1.165, 1.54) is 6.07 Å². The Morgan fingerprint density at radius 2 is 1.88 bits per heavy atom. The van der Waals surface area contributed by atoms with Crippen molar-refractivity contribution in [2.24, 2.45) is 5.10 Å². The van der Waals surface area contributed by atoms with Gasteiger partial charge in [0, 0.05) is 55.4 Å². The molecule has 1 aliphatic heterocycles. The average molecular weight is 373 g/mol. The van der Waals surface area contributed by atoms with Crippen molar-refractivity contribution >= 4 is 23.0 Å². The van der Waals surface area contributed by atoms with Gasteiger partial charge in [0.05, 0.1) is 10.6 Å². The van der Waals surface area contributed by atoms with Crippen LogP contribution in [0.5, 0.6) is 0 Å². The standard InChI is InChI=1S/C19H21ClN4O2/c1-15(16-6-4-7-18(13-16)24(25)26)21-23-11-9-22(10-12-23)14-17-5-2-3-8-19(17)20/h2-8,13H,9-12,14H2,1H3. The fourth-order valence-corrected chi connectivity index (χ4v) is 3.17. The molecule has 26 heavy (non-hydrogen) atoms. The van der Waals surface area contributed by atoms with Gasteiger partial charge in [-0.3, -0.25) is 20.0 Å². The van der Waals surface area contributed by atoms with E-state index in [0.717, 1.165) is 54.6 Å². The highest BCUT2D eigenvalue weighted by Crippen LogP contribution is 2.18. The summed E-state index contributed by atoms with van der Waals surface area (Å²) in [6.45, 7) is 6.15. The molecule has 7 heteroatoms. The second-order valence-corrected chi connectivity index (χ2v) is 6.72. The molecule has 1 heterocycles. The molecular formula is C19H21ClN4O2.